The van der Waals surface area contributed by atoms with E-state index in [0.717, 1.165) is 109 Å². The Kier molecular flexibility index (Phi) is 65.7. The highest BCUT2D eigenvalue weighted by molar-refractivity contribution is 5.71. The van der Waals surface area contributed by atoms with Crippen molar-refractivity contribution in [1.82, 2.24) is 0 Å². The van der Waals surface area contributed by atoms with Crippen LogP contribution < -0.4 is 0 Å². The summed E-state index contributed by atoms with van der Waals surface area (Å²) in [6.45, 7) is 6.56. The Labute approximate surface area is 502 Å². The van der Waals surface area contributed by atoms with E-state index in [1.54, 1.807) is 0 Å². The minimum absolute atomic E-state index is 0.0780. The van der Waals surface area contributed by atoms with Crippen molar-refractivity contribution in [2.45, 2.75) is 348 Å². The highest BCUT2D eigenvalue weighted by atomic mass is 16.6. The van der Waals surface area contributed by atoms with Crippen LogP contribution in [0.1, 0.15) is 342 Å². The molecule has 0 aliphatic carbocycles. The zero-order valence-corrected chi connectivity index (χ0v) is 53.5. The second kappa shape index (κ2) is 68.8. The van der Waals surface area contributed by atoms with Crippen molar-refractivity contribution in [3.8, 4) is 0 Å². The molecule has 0 saturated heterocycles. The maximum atomic E-state index is 12.9. The molecule has 0 fully saturated rings. The number of carbonyl (C=O) groups excluding carboxylic acids is 3. The largest absolute Gasteiger partial charge is 0.462 e. The molecule has 0 saturated carbocycles. The summed E-state index contributed by atoms with van der Waals surface area (Å²) in [7, 11) is 0. The summed E-state index contributed by atoms with van der Waals surface area (Å²) in [4.78, 5) is 38.4. The van der Waals surface area contributed by atoms with Gasteiger partial charge in [0.05, 0.1) is 0 Å². The molecule has 0 aliphatic rings. The number of rotatable bonds is 63. The lowest BCUT2D eigenvalue weighted by Crippen LogP contribution is -2.30. The SMILES string of the molecule is CC/C=C\C/C=C\C/C=C\C/C=C\C/C=C\C/C=C\C/C=C\CCCCCCCCCC(=O)OCC(COC(=O)CCCCCCCCCCCCCCCCC)OC(=O)CCCCCCCCCCC/C=C\CCCCCCCC. The van der Waals surface area contributed by atoms with E-state index in [1.165, 1.54) is 193 Å². The Balaban J connectivity index is 4.34. The fourth-order valence-corrected chi connectivity index (χ4v) is 9.89. The van der Waals surface area contributed by atoms with Crippen LogP contribution in [0.2, 0.25) is 0 Å². The Morgan fingerprint density at radius 1 is 0.259 bits per heavy atom. The van der Waals surface area contributed by atoms with Crippen molar-refractivity contribution in [2.75, 3.05) is 13.2 Å². The number of allylic oxidation sites excluding steroid dienone is 16. The monoisotopic (exact) mass is 1130 g/mol. The summed E-state index contributed by atoms with van der Waals surface area (Å²) >= 11 is 0. The summed E-state index contributed by atoms with van der Waals surface area (Å²) in [5, 5.41) is 0. The smallest absolute Gasteiger partial charge is 0.306 e. The molecule has 1 unspecified atom stereocenters. The Morgan fingerprint density at radius 2 is 0.481 bits per heavy atom. The van der Waals surface area contributed by atoms with Crippen LogP contribution in [0.4, 0.5) is 0 Å². The number of carbonyl (C=O) groups is 3. The minimum Gasteiger partial charge on any atom is -0.462 e. The zero-order valence-electron chi connectivity index (χ0n) is 53.5. The third kappa shape index (κ3) is 67.0. The van der Waals surface area contributed by atoms with Crippen LogP contribution in [0.5, 0.6) is 0 Å². The van der Waals surface area contributed by atoms with E-state index in [9.17, 15) is 14.4 Å². The molecule has 1 atom stereocenters. The molecular formula is C75H130O6. The average Bonchev–Trinajstić information content (AvgIpc) is 3.47. The second-order valence-electron chi connectivity index (χ2n) is 23.1. The van der Waals surface area contributed by atoms with E-state index in [2.05, 4.69) is 118 Å². The summed E-state index contributed by atoms with van der Waals surface area (Å²) in [5.74, 6) is -0.875. The van der Waals surface area contributed by atoms with Crippen molar-refractivity contribution in [3.05, 3.63) is 97.2 Å². The molecule has 0 amide bonds. The Bertz CT molecular complexity index is 1580. The first-order chi connectivity index (χ1) is 40.0. The lowest BCUT2D eigenvalue weighted by Gasteiger charge is -2.18. The highest BCUT2D eigenvalue weighted by Crippen LogP contribution is 2.17. The number of esters is 3. The van der Waals surface area contributed by atoms with Crippen LogP contribution in [0.25, 0.3) is 0 Å². The first kappa shape index (κ1) is 77.3. The van der Waals surface area contributed by atoms with Gasteiger partial charge in [-0.2, -0.15) is 0 Å². The molecule has 0 aromatic carbocycles. The number of ether oxygens (including phenoxy) is 3. The topological polar surface area (TPSA) is 78.9 Å². The predicted molar refractivity (Wildman–Crippen MR) is 353 cm³/mol. The fourth-order valence-electron chi connectivity index (χ4n) is 9.89. The van der Waals surface area contributed by atoms with E-state index in [1.807, 2.05) is 0 Å². The summed E-state index contributed by atoms with van der Waals surface area (Å²) < 4.78 is 17.0. The molecule has 0 N–H and O–H groups in total. The molecule has 0 heterocycles. The van der Waals surface area contributed by atoms with Crippen molar-refractivity contribution < 1.29 is 28.6 Å². The van der Waals surface area contributed by atoms with Crippen LogP contribution in [-0.4, -0.2) is 37.2 Å². The lowest BCUT2D eigenvalue weighted by molar-refractivity contribution is -0.167. The first-order valence-electron chi connectivity index (χ1n) is 34.7. The van der Waals surface area contributed by atoms with Crippen molar-refractivity contribution >= 4 is 17.9 Å². The Hall–Kier alpha value is -3.67. The van der Waals surface area contributed by atoms with Gasteiger partial charge in [0.15, 0.2) is 6.10 Å². The molecular weight excluding hydrogens is 997 g/mol. The van der Waals surface area contributed by atoms with E-state index in [4.69, 9.17) is 14.2 Å². The quantitative estimate of drug-likeness (QED) is 0.0261. The standard InChI is InChI=1S/C75H130O6/c1-4-7-10-13-16-19-22-25-28-30-32-33-34-35-36-37-38-39-40-41-43-44-47-50-53-56-59-62-65-68-74(77)80-71-72(70-79-73(76)67-64-61-58-55-52-49-46-27-24-21-18-15-12-9-6-3)81-75(78)69-66-63-60-57-54-51-48-45-42-31-29-26-23-20-17-14-11-8-5-2/h7,10,16,19,25-26,28-29,32-33,35-36,38-39,41,43,72H,4-6,8-9,11-15,17-18,20-24,27,30-31,34,37,40,42,44-71H2,1-3H3/b10-7-,19-16-,28-25-,29-26-,33-32-,36-35-,39-38-,43-41-. The molecule has 0 bridgehead atoms. The van der Waals surface area contributed by atoms with Gasteiger partial charge in [-0.3, -0.25) is 14.4 Å². The van der Waals surface area contributed by atoms with Gasteiger partial charge in [-0.15, -0.1) is 0 Å². The van der Waals surface area contributed by atoms with Crippen molar-refractivity contribution in [1.29, 1.82) is 0 Å². The molecule has 0 aromatic rings. The van der Waals surface area contributed by atoms with Gasteiger partial charge in [0, 0.05) is 19.3 Å². The van der Waals surface area contributed by atoms with E-state index < -0.39 is 6.10 Å². The zero-order chi connectivity index (χ0) is 58.5. The lowest BCUT2D eigenvalue weighted by atomic mass is 10.0. The van der Waals surface area contributed by atoms with Crippen LogP contribution in [-0.2, 0) is 28.6 Å². The highest BCUT2D eigenvalue weighted by Gasteiger charge is 2.19. The van der Waals surface area contributed by atoms with Crippen molar-refractivity contribution in [2.24, 2.45) is 0 Å². The second-order valence-corrected chi connectivity index (χ2v) is 23.1. The maximum absolute atomic E-state index is 12.9. The van der Waals surface area contributed by atoms with Crippen LogP contribution in [0, 0.1) is 0 Å². The van der Waals surface area contributed by atoms with Gasteiger partial charge >= 0.3 is 17.9 Å². The molecule has 0 rings (SSSR count). The third-order valence-electron chi connectivity index (χ3n) is 15.1. The van der Waals surface area contributed by atoms with E-state index in [0.29, 0.717) is 19.3 Å². The van der Waals surface area contributed by atoms with Crippen LogP contribution in [0.15, 0.2) is 97.2 Å². The molecule has 466 valence electrons. The van der Waals surface area contributed by atoms with Crippen LogP contribution in [0.3, 0.4) is 0 Å². The Morgan fingerprint density at radius 3 is 0.765 bits per heavy atom. The van der Waals surface area contributed by atoms with E-state index >= 15 is 0 Å². The normalized spacial score (nSPS) is 12.7. The number of hydrogen-bond donors (Lipinski definition) is 0. The molecule has 6 nitrogen and oxygen atoms in total. The molecule has 81 heavy (non-hydrogen) atoms. The van der Waals surface area contributed by atoms with Crippen LogP contribution >= 0.6 is 0 Å². The number of unbranched alkanes of at least 4 members (excludes halogenated alkanes) is 36. The molecule has 0 radical (unpaired) electrons. The fraction of sp³-hybridized carbons (Fsp3) is 0.747. The first-order valence-corrected chi connectivity index (χ1v) is 34.7. The van der Waals surface area contributed by atoms with E-state index in [-0.39, 0.29) is 31.1 Å². The third-order valence-corrected chi connectivity index (χ3v) is 15.1. The van der Waals surface area contributed by atoms with Gasteiger partial charge in [0.25, 0.3) is 0 Å². The molecule has 0 aliphatic heterocycles. The van der Waals surface area contributed by atoms with Gasteiger partial charge in [0.1, 0.15) is 13.2 Å². The van der Waals surface area contributed by atoms with Gasteiger partial charge in [-0.05, 0) is 103 Å². The van der Waals surface area contributed by atoms with Crippen molar-refractivity contribution in [3.63, 3.8) is 0 Å². The molecule has 6 heteroatoms. The maximum Gasteiger partial charge on any atom is 0.306 e. The van der Waals surface area contributed by atoms with Gasteiger partial charge in [-0.1, -0.05) is 317 Å². The van der Waals surface area contributed by atoms with Gasteiger partial charge in [0.2, 0.25) is 0 Å². The van der Waals surface area contributed by atoms with Gasteiger partial charge < -0.3 is 14.2 Å². The average molecular weight is 1130 g/mol. The minimum atomic E-state index is -0.784. The number of hydrogen-bond acceptors (Lipinski definition) is 6. The summed E-state index contributed by atoms with van der Waals surface area (Å²) in [5.41, 5.74) is 0. The molecule has 0 aromatic heterocycles. The molecule has 0 spiro atoms. The predicted octanol–water partition coefficient (Wildman–Crippen LogP) is 24.0. The summed E-state index contributed by atoms with van der Waals surface area (Å²) in [6, 6.07) is 0. The summed E-state index contributed by atoms with van der Waals surface area (Å²) in [6.07, 6.45) is 92.7. The van der Waals surface area contributed by atoms with Gasteiger partial charge in [-0.25, -0.2) is 0 Å².